The van der Waals surface area contributed by atoms with E-state index >= 15 is 0 Å². The molecule has 8 heteroatoms. The molecule has 1 fully saturated rings. The molecule has 0 aliphatic carbocycles. The van der Waals surface area contributed by atoms with Crippen molar-refractivity contribution >= 4 is 29.9 Å². The Bertz CT molecular complexity index is 854. The number of nitrogens with zero attached hydrogens (tertiary/aromatic N) is 5. The van der Waals surface area contributed by atoms with Gasteiger partial charge in [0.1, 0.15) is 0 Å². The van der Waals surface area contributed by atoms with Crippen LogP contribution in [0.25, 0.3) is 0 Å². The van der Waals surface area contributed by atoms with Gasteiger partial charge in [0.2, 0.25) is 0 Å². The molecule has 172 valence electrons. The minimum atomic E-state index is 0. The van der Waals surface area contributed by atoms with Crippen molar-refractivity contribution in [1.82, 2.24) is 30.2 Å². The third-order valence-corrected chi connectivity index (χ3v) is 6.19. The lowest BCUT2D eigenvalue weighted by atomic mass is 10.1. The summed E-state index contributed by atoms with van der Waals surface area (Å²) in [5.74, 6) is 0.809. The van der Waals surface area contributed by atoms with Gasteiger partial charge in [-0.25, -0.2) is 0 Å². The van der Waals surface area contributed by atoms with E-state index in [1.165, 1.54) is 35.5 Å². The number of nitrogens with one attached hydrogen (secondary N) is 2. The number of aryl methyl sites for hydroxylation is 2. The predicted molar refractivity (Wildman–Crippen MR) is 139 cm³/mol. The Morgan fingerprint density at radius 2 is 1.61 bits per heavy atom. The number of likely N-dealkylation sites (N-methyl/N-ethyl adjacent to an activating group) is 1. The van der Waals surface area contributed by atoms with E-state index < -0.39 is 0 Å². The summed E-state index contributed by atoms with van der Waals surface area (Å²) in [4.78, 5) is 9.48. The summed E-state index contributed by atoms with van der Waals surface area (Å²) >= 11 is 0. The van der Waals surface area contributed by atoms with Crippen LogP contribution in [0, 0.1) is 13.8 Å². The van der Waals surface area contributed by atoms with E-state index in [-0.39, 0.29) is 24.0 Å². The Labute approximate surface area is 204 Å². The van der Waals surface area contributed by atoms with Crippen LogP contribution in [0.1, 0.15) is 35.0 Å². The Morgan fingerprint density at radius 3 is 2.19 bits per heavy atom. The highest BCUT2D eigenvalue weighted by molar-refractivity contribution is 14.0. The van der Waals surface area contributed by atoms with Gasteiger partial charge in [-0.1, -0.05) is 31.2 Å². The maximum absolute atomic E-state index is 4.49. The van der Waals surface area contributed by atoms with E-state index in [1.807, 2.05) is 18.8 Å². The zero-order valence-corrected chi connectivity index (χ0v) is 21.9. The number of benzene rings is 1. The Kier molecular flexibility index (Phi) is 10.2. The fourth-order valence-corrected chi connectivity index (χ4v) is 4.03. The first-order chi connectivity index (χ1) is 14.5. The van der Waals surface area contributed by atoms with E-state index in [9.17, 15) is 0 Å². The van der Waals surface area contributed by atoms with Gasteiger partial charge in [-0.3, -0.25) is 14.6 Å². The molecule has 0 saturated carbocycles. The molecule has 1 aromatic heterocycles. The average molecular weight is 540 g/mol. The van der Waals surface area contributed by atoms with Crippen molar-refractivity contribution in [2.45, 2.75) is 40.4 Å². The minimum absolute atomic E-state index is 0. The standard InChI is InChI=1S/C23H37N7.HI/c1-6-29-11-13-30(14-12-29)17-21-10-8-7-9-20(21)15-25-23(24-4)26-16-22-18(2)27-28(5)19(22)3;/h7-10H,6,11-17H2,1-5H3,(H2,24,25,26);1H. The molecule has 1 aromatic carbocycles. The molecule has 0 radical (unpaired) electrons. The first-order valence-corrected chi connectivity index (χ1v) is 11.0. The van der Waals surface area contributed by atoms with Gasteiger partial charge < -0.3 is 15.5 Å². The third kappa shape index (κ3) is 6.92. The number of rotatable bonds is 7. The fourth-order valence-electron chi connectivity index (χ4n) is 4.03. The smallest absolute Gasteiger partial charge is 0.191 e. The Morgan fingerprint density at radius 1 is 1.00 bits per heavy atom. The lowest BCUT2D eigenvalue weighted by molar-refractivity contribution is 0.131. The summed E-state index contributed by atoms with van der Waals surface area (Å²) in [6.45, 7) is 14.7. The van der Waals surface area contributed by atoms with Crippen LogP contribution in [0.2, 0.25) is 0 Å². The maximum Gasteiger partial charge on any atom is 0.191 e. The monoisotopic (exact) mass is 539 g/mol. The van der Waals surface area contributed by atoms with Crippen molar-refractivity contribution in [3.63, 3.8) is 0 Å². The minimum Gasteiger partial charge on any atom is -0.352 e. The number of hydrogen-bond acceptors (Lipinski definition) is 4. The van der Waals surface area contributed by atoms with Crippen LogP contribution in [0.15, 0.2) is 29.3 Å². The van der Waals surface area contributed by atoms with E-state index in [4.69, 9.17) is 0 Å². The van der Waals surface area contributed by atoms with Crippen LogP contribution in [0.4, 0.5) is 0 Å². The van der Waals surface area contributed by atoms with E-state index in [0.717, 1.165) is 44.4 Å². The Hall–Kier alpha value is -1.65. The van der Waals surface area contributed by atoms with Crippen LogP contribution in [-0.2, 0) is 26.7 Å². The molecule has 0 atom stereocenters. The van der Waals surface area contributed by atoms with Gasteiger partial charge in [0, 0.05) is 71.2 Å². The molecule has 0 amide bonds. The van der Waals surface area contributed by atoms with Gasteiger partial charge >= 0.3 is 0 Å². The summed E-state index contributed by atoms with van der Waals surface area (Å²) in [6.07, 6.45) is 0. The van der Waals surface area contributed by atoms with Gasteiger partial charge in [-0.2, -0.15) is 5.10 Å². The molecular weight excluding hydrogens is 501 g/mol. The molecule has 31 heavy (non-hydrogen) atoms. The average Bonchev–Trinajstić information content (AvgIpc) is 3.01. The number of aromatic nitrogens is 2. The predicted octanol–water partition coefficient (Wildman–Crippen LogP) is 2.66. The maximum atomic E-state index is 4.49. The second-order valence-electron chi connectivity index (χ2n) is 8.03. The highest BCUT2D eigenvalue weighted by atomic mass is 127. The molecule has 3 rings (SSSR count). The zero-order chi connectivity index (χ0) is 21.5. The van der Waals surface area contributed by atoms with Crippen molar-refractivity contribution in [3.05, 3.63) is 52.3 Å². The first kappa shape index (κ1) is 25.6. The molecule has 0 spiro atoms. The van der Waals surface area contributed by atoms with Crippen LogP contribution < -0.4 is 10.6 Å². The van der Waals surface area contributed by atoms with Gasteiger partial charge in [0.25, 0.3) is 0 Å². The number of aliphatic imine (C=N–C) groups is 1. The van der Waals surface area contributed by atoms with Crippen LogP contribution >= 0.6 is 24.0 Å². The van der Waals surface area contributed by atoms with Crippen molar-refractivity contribution in [2.24, 2.45) is 12.0 Å². The molecule has 0 bridgehead atoms. The second kappa shape index (κ2) is 12.4. The van der Waals surface area contributed by atoms with Crippen LogP contribution in [0.3, 0.4) is 0 Å². The third-order valence-electron chi connectivity index (χ3n) is 6.19. The highest BCUT2D eigenvalue weighted by Gasteiger charge is 2.16. The molecular formula is C23H38IN7. The number of halogens is 1. The summed E-state index contributed by atoms with van der Waals surface area (Å²) in [5.41, 5.74) is 6.19. The fraction of sp³-hybridized carbons (Fsp3) is 0.565. The summed E-state index contributed by atoms with van der Waals surface area (Å²) < 4.78 is 1.93. The number of hydrogen-bond donors (Lipinski definition) is 2. The van der Waals surface area contributed by atoms with Crippen molar-refractivity contribution in [2.75, 3.05) is 39.8 Å². The molecule has 1 saturated heterocycles. The van der Waals surface area contributed by atoms with Gasteiger partial charge in [-0.15, -0.1) is 24.0 Å². The van der Waals surface area contributed by atoms with E-state index in [0.29, 0.717) is 6.54 Å². The van der Waals surface area contributed by atoms with Gasteiger partial charge in [-0.05, 0) is 31.5 Å². The molecule has 2 N–H and O–H groups in total. The Balaban J connectivity index is 0.00000341. The second-order valence-corrected chi connectivity index (χ2v) is 8.03. The molecule has 2 heterocycles. The van der Waals surface area contributed by atoms with Crippen molar-refractivity contribution in [1.29, 1.82) is 0 Å². The van der Waals surface area contributed by atoms with Crippen molar-refractivity contribution < 1.29 is 0 Å². The first-order valence-electron chi connectivity index (χ1n) is 11.0. The largest absolute Gasteiger partial charge is 0.352 e. The highest BCUT2D eigenvalue weighted by Crippen LogP contribution is 2.14. The van der Waals surface area contributed by atoms with Crippen LogP contribution in [0.5, 0.6) is 0 Å². The molecule has 0 unspecified atom stereocenters. The van der Waals surface area contributed by atoms with E-state index in [2.05, 4.69) is 75.6 Å². The lowest BCUT2D eigenvalue weighted by Gasteiger charge is -2.34. The van der Waals surface area contributed by atoms with Gasteiger partial charge in [0.05, 0.1) is 5.69 Å². The van der Waals surface area contributed by atoms with Gasteiger partial charge in [0.15, 0.2) is 5.96 Å². The molecule has 7 nitrogen and oxygen atoms in total. The van der Waals surface area contributed by atoms with E-state index in [1.54, 1.807) is 0 Å². The van der Waals surface area contributed by atoms with Crippen LogP contribution in [-0.4, -0.2) is 65.3 Å². The molecule has 1 aliphatic heterocycles. The summed E-state index contributed by atoms with van der Waals surface area (Å²) in [6, 6.07) is 8.73. The molecule has 1 aliphatic rings. The number of guanidine groups is 1. The summed E-state index contributed by atoms with van der Waals surface area (Å²) in [5, 5.41) is 11.4. The van der Waals surface area contributed by atoms with Crippen molar-refractivity contribution in [3.8, 4) is 0 Å². The lowest BCUT2D eigenvalue weighted by Crippen LogP contribution is -2.45. The normalized spacial score (nSPS) is 15.6. The quantitative estimate of drug-likeness (QED) is 0.322. The SMILES string of the molecule is CCN1CCN(Cc2ccccc2CNC(=NC)NCc2c(C)nn(C)c2C)CC1.I. The topological polar surface area (TPSA) is 60.7 Å². The zero-order valence-electron chi connectivity index (χ0n) is 19.6. The summed E-state index contributed by atoms with van der Waals surface area (Å²) in [7, 11) is 3.80. The molecule has 2 aromatic rings. The number of piperazine rings is 1.